The zero-order valence-electron chi connectivity index (χ0n) is 13.7. The van der Waals surface area contributed by atoms with Crippen LogP contribution in [0.5, 0.6) is 5.75 Å². The molecule has 28 heavy (non-hydrogen) atoms. The zero-order chi connectivity index (χ0) is 21.1. The van der Waals surface area contributed by atoms with Crippen molar-refractivity contribution >= 4 is 40.8 Å². The number of hydrogen-bond acceptors (Lipinski definition) is 7. The van der Waals surface area contributed by atoms with Crippen LogP contribution < -0.4 is 10.5 Å². The second-order valence-electron chi connectivity index (χ2n) is 5.16. The van der Waals surface area contributed by atoms with Crippen LogP contribution in [-0.2, 0) is 20.9 Å². The van der Waals surface area contributed by atoms with Crippen LogP contribution in [0.25, 0.3) is 10.4 Å². The van der Waals surface area contributed by atoms with Gasteiger partial charge in [-0.1, -0.05) is 35.9 Å². The van der Waals surface area contributed by atoms with E-state index in [1.165, 1.54) is 0 Å². The number of nitrogens with two attached hydrogens (primary N) is 1. The van der Waals surface area contributed by atoms with Gasteiger partial charge in [0.25, 0.3) is 0 Å². The maximum atomic E-state index is 12.3. The fourth-order valence-corrected chi connectivity index (χ4v) is 3.41. The summed E-state index contributed by atoms with van der Waals surface area (Å²) < 4.78 is 45.7. The van der Waals surface area contributed by atoms with Crippen molar-refractivity contribution in [1.29, 1.82) is 0 Å². The molecule has 0 aliphatic rings. The molecule has 0 aliphatic heterocycles. The normalized spacial score (nSPS) is 11.2. The van der Waals surface area contributed by atoms with Crippen molar-refractivity contribution in [3.63, 3.8) is 0 Å². The van der Waals surface area contributed by atoms with Crippen molar-refractivity contribution in [2.45, 2.75) is 12.7 Å². The minimum Gasteiger partial charge on any atom is -0.479 e. The fraction of sp³-hybridized carbons (Fsp3) is 0.188. The SMILES string of the molecule is NCc1ccc(-c2sc(C(=O)OC(=O)C(F)(F)F)c(OCC(=O)O)c2Cl)cc1. The van der Waals surface area contributed by atoms with Gasteiger partial charge in [0, 0.05) is 6.54 Å². The van der Waals surface area contributed by atoms with Crippen LogP contribution in [0.2, 0.25) is 5.02 Å². The third kappa shape index (κ3) is 5.00. The summed E-state index contributed by atoms with van der Waals surface area (Å²) in [6.45, 7) is -0.655. The van der Waals surface area contributed by atoms with Gasteiger partial charge in [-0.3, -0.25) is 0 Å². The van der Waals surface area contributed by atoms with Gasteiger partial charge in [-0.15, -0.1) is 11.3 Å². The van der Waals surface area contributed by atoms with E-state index in [9.17, 15) is 27.6 Å². The summed E-state index contributed by atoms with van der Waals surface area (Å²) in [5, 5.41) is 8.52. The van der Waals surface area contributed by atoms with Crippen LogP contribution in [0.4, 0.5) is 13.2 Å². The van der Waals surface area contributed by atoms with Crippen molar-refractivity contribution in [3.8, 4) is 16.2 Å². The average molecular weight is 438 g/mol. The molecular weight excluding hydrogens is 427 g/mol. The minimum atomic E-state index is -5.39. The predicted octanol–water partition coefficient (Wildman–Crippen LogP) is 3.24. The molecule has 0 saturated heterocycles. The van der Waals surface area contributed by atoms with Crippen LogP contribution in [0, 0.1) is 0 Å². The molecule has 0 aliphatic carbocycles. The second-order valence-corrected chi connectivity index (χ2v) is 6.56. The highest BCUT2D eigenvalue weighted by Crippen LogP contribution is 2.46. The quantitative estimate of drug-likeness (QED) is 0.526. The van der Waals surface area contributed by atoms with Crippen molar-refractivity contribution in [2.75, 3.05) is 6.61 Å². The first kappa shape index (κ1) is 21.7. The van der Waals surface area contributed by atoms with Gasteiger partial charge in [-0.2, -0.15) is 13.2 Å². The molecule has 0 saturated carbocycles. The molecular formula is C16H11ClF3NO6S. The summed E-state index contributed by atoms with van der Waals surface area (Å²) in [5.74, 6) is -6.30. The molecule has 7 nitrogen and oxygen atoms in total. The van der Waals surface area contributed by atoms with Gasteiger partial charge in [0.2, 0.25) is 0 Å². The maximum absolute atomic E-state index is 12.3. The molecule has 12 heteroatoms. The smallest absolute Gasteiger partial charge is 0.479 e. The Labute approximate surface area is 164 Å². The Bertz CT molecular complexity index is 910. The molecule has 0 radical (unpaired) electrons. The Morgan fingerprint density at radius 3 is 2.29 bits per heavy atom. The summed E-state index contributed by atoms with van der Waals surface area (Å²) in [4.78, 5) is 33.3. The molecule has 2 rings (SSSR count). The van der Waals surface area contributed by atoms with E-state index >= 15 is 0 Å². The number of carboxylic acids is 1. The third-order valence-electron chi connectivity index (χ3n) is 3.20. The molecule has 3 N–H and O–H groups in total. The van der Waals surface area contributed by atoms with E-state index in [2.05, 4.69) is 4.74 Å². The van der Waals surface area contributed by atoms with Gasteiger partial charge in [0.1, 0.15) is 5.02 Å². The lowest BCUT2D eigenvalue weighted by molar-refractivity contribution is -0.193. The number of esters is 2. The molecule has 0 bridgehead atoms. The summed E-state index contributed by atoms with van der Waals surface area (Å²) >= 11 is 6.73. The summed E-state index contributed by atoms with van der Waals surface area (Å²) in [6.07, 6.45) is -5.39. The number of thiophene rings is 1. The fourth-order valence-electron chi connectivity index (χ4n) is 1.96. The number of aliphatic carboxylic acids is 1. The molecule has 150 valence electrons. The van der Waals surface area contributed by atoms with E-state index in [1.54, 1.807) is 24.3 Å². The van der Waals surface area contributed by atoms with E-state index in [4.69, 9.17) is 27.2 Å². The van der Waals surface area contributed by atoms with Crippen molar-refractivity contribution in [2.24, 2.45) is 5.73 Å². The van der Waals surface area contributed by atoms with Crippen LogP contribution in [-0.4, -0.2) is 35.8 Å². The van der Waals surface area contributed by atoms with E-state index in [1.807, 2.05) is 0 Å². The van der Waals surface area contributed by atoms with Gasteiger partial charge in [0.05, 0.1) is 4.88 Å². The Kier molecular flexibility index (Phi) is 6.65. The molecule has 2 aromatic rings. The third-order valence-corrected chi connectivity index (χ3v) is 4.88. The van der Waals surface area contributed by atoms with E-state index < -0.39 is 41.3 Å². The van der Waals surface area contributed by atoms with Crippen molar-refractivity contribution < 1.29 is 42.1 Å². The zero-order valence-corrected chi connectivity index (χ0v) is 15.3. The number of carboxylic acid groups (broad SMARTS) is 1. The van der Waals surface area contributed by atoms with Crippen LogP contribution >= 0.6 is 22.9 Å². The van der Waals surface area contributed by atoms with Crippen LogP contribution in [0.3, 0.4) is 0 Å². The lowest BCUT2D eigenvalue weighted by Gasteiger charge is -2.07. The molecule has 0 spiro atoms. The number of benzene rings is 1. The number of alkyl halides is 3. The Balaban J connectivity index is 2.45. The first-order valence-corrected chi connectivity index (χ1v) is 8.53. The number of carbonyl (C=O) groups is 3. The maximum Gasteiger partial charge on any atom is 0.491 e. The largest absolute Gasteiger partial charge is 0.491 e. The second kappa shape index (κ2) is 8.59. The van der Waals surface area contributed by atoms with Crippen molar-refractivity contribution in [3.05, 3.63) is 39.7 Å². The van der Waals surface area contributed by atoms with E-state index in [-0.39, 0.29) is 16.4 Å². The van der Waals surface area contributed by atoms with Gasteiger partial charge in [0.15, 0.2) is 17.2 Å². The number of rotatable bonds is 6. The highest BCUT2D eigenvalue weighted by molar-refractivity contribution is 7.18. The molecule has 0 unspecified atom stereocenters. The molecule has 1 heterocycles. The first-order valence-electron chi connectivity index (χ1n) is 7.34. The van der Waals surface area contributed by atoms with Gasteiger partial charge in [-0.25, -0.2) is 14.4 Å². The van der Waals surface area contributed by atoms with Crippen molar-refractivity contribution in [1.82, 2.24) is 0 Å². The van der Waals surface area contributed by atoms with Gasteiger partial charge in [-0.05, 0) is 11.1 Å². The topological polar surface area (TPSA) is 116 Å². The lowest BCUT2D eigenvalue weighted by atomic mass is 10.1. The molecule has 0 fully saturated rings. The highest BCUT2D eigenvalue weighted by Gasteiger charge is 2.43. The monoisotopic (exact) mass is 437 g/mol. The standard InChI is InChI=1S/C16H11ClF3NO6S/c17-10-11(26-6-9(22)23)13(14(24)27-15(25)16(18,19)20)28-12(10)8-3-1-7(5-21)2-4-8/h1-4H,5-6,21H2,(H,22,23). The number of carbonyl (C=O) groups excluding carboxylic acids is 2. The van der Waals surface area contributed by atoms with E-state index in [0.29, 0.717) is 16.9 Å². The molecule has 1 aromatic heterocycles. The number of hydrogen-bond donors (Lipinski definition) is 2. The summed E-state index contributed by atoms with van der Waals surface area (Å²) in [7, 11) is 0. The van der Waals surface area contributed by atoms with Crippen LogP contribution in [0.1, 0.15) is 15.2 Å². The molecule has 1 aromatic carbocycles. The summed E-state index contributed by atoms with van der Waals surface area (Å²) in [6, 6.07) is 6.51. The Hall–Kier alpha value is -2.63. The molecule has 0 atom stereocenters. The predicted molar refractivity (Wildman–Crippen MR) is 92.3 cm³/mol. The number of ether oxygens (including phenoxy) is 2. The Morgan fingerprint density at radius 1 is 1.18 bits per heavy atom. The van der Waals surface area contributed by atoms with Gasteiger partial charge < -0.3 is 20.3 Å². The molecule has 0 amide bonds. The van der Waals surface area contributed by atoms with E-state index in [0.717, 1.165) is 5.56 Å². The average Bonchev–Trinajstić information content (AvgIpc) is 2.95. The minimum absolute atomic E-state index is 0.206. The van der Waals surface area contributed by atoms with Crippen LogP contribution in [0.15, 0.2) is 24.3 Å². The highest BCUT2D eigenvalue weighted by atomic mass is 35.5. The lowest BCUT2D eigenvalue weighted by Crippen LogP contribution is -2.28. The van der Waals surface area contributed by atoms with Gasteiger partial charge >= 0.3 is 24.1 Å². The summed E-state index contributed by atoms with van der Waals surface area (Å²) in [5.41, 5.74) is 6.75. The first-order chi connectivity index (χ1) is 13.0. The Morgan fingerprint density at radius 2 is 1.79 bits per heavy atom. The number of halogens is 4.